The molecule has 0 bridgehead atoms. The SMILES string of the molecule is O=C(NC[C@@H]1CCCn2ncc(C(=O)O)c21)OCc1ccccc1. The van der Waals surface area contributed by atoms with Crippen molar-refractivity contribution in [3.8, 4) is 0 Å². The molecule has 1 aromatic carbocycles. The molecule has 0 fully saturated rings. The molecule has 7 heteroatoms. The van der Waals surface area contributed by atoms with Gasteiger partial charge in [-0.1, -0.05) is 30.3 Å². The van der Waals surface area contributed by atoms with E-state index in [1.165, 1.54) is 6.20 Å². The number of nitrogens with one attached hydrogen (secondary N) is 1. The topological polar surface area (TPSA) is 93.5 Å². The highest BCUT2D eigenvalue weighted by Crippen LogP contribution is 2.29. The molecule has 7 nitrogen and oxygen atoms in total. The minimum absolute atomic E-state index is 0.0726. The Bertz CT molecular complexity index is 727. The summed E-state index contributed by atoms with van der Waals surface area (Å²) in [5.74, 6) is -1.06. The highest BCUT2D eigenvalue weighted by molar-refractivity contribution is 5.89. The Balaban J connectivity index is 1.57. The summed E-state index contributed by atoms with van der Waals surface area (Å²) in [6.07, 6.45) is 2.58. The lowest BCUT2D eigenvalue weighted by atomic mass is 9.93. The number of benzene rings is 1. The minimum Gasteiger partial charge on any atom is -0.478 e. The number of carbonyl (C=O) groups excluding carboxylic acids is 1. The maximum Gasteiger partial charge on any atom is 0.407 e. The average molecular weight is 329 g/mol. The molecular weight excluding hydrogens is 310 g/mol. The van der Waals surface area contributed by atoms with Crippen LogP contribution in [-0.4, -0.2) is 33.5 Å². The lowest BCUT2D eigenvalue weighted by Gasteiger charge is -2.24. The fourth-order valence-electron chi connectivity index (χ4n) is 2.97. The first kappa shape index (κ1) is 16.0. The van der Waals surface area contributed by atoms with Crippen LogP contribution < -0.4 is 5.32 Å². The molecule has 24 heavy (non-hydrogen) atoms. The van der Waals surface area contributed by atoms with E-state index >= 15 is 0 Å². The fourth-order valence-corrected chi connectivity index (χ4v) is 2.97. The fraction of sp³-hybridized carbons (Fsp3) is 0.353. The first-order valence-electron chi connectivity index (χ1n) is 7.88. The smallest absolute Gasteiger partial charge is 0.407 e. The van der Waals surface area contributed by atoms with Crippen molar-refractivity contribution in [1.29, 1.82) is 0 Å². The molecular formula is C17H19N3O4. The monoisotopic (exact) mass is 329 g/mol. The first-order chi connectivity index (χ1) is 11.6. The predicted octanol–water partition coefficient (Wildman–Crippen LogP) is 2.39. The summed E-state index contributed by atoms with van der Waals surface area (Å²) in [4.78, 5) is 23.2. The second kappa shape index (κ2) is 7.16. The number of aromatic carboxylic acids is 1. The molecule has 1 aliphatic rings. The Hall–Kier alpha value is -2.83. The van der Waals surface area contributed by atoms with Crippen molar-refractivity contribution >= 4 is 12.1 Å². The molecule has 1 amide bonds. The van der Waals surface area contributed by atoms with Gasteiger partial charge in [0, 0.05) is 19.0 Å². The van der Waals surface area contributed by atoms with Crippen LogP contribution in [-0.2, 0) is 17.9 Å². The van der Waals surface area contributed by atoms with Gasteiger partial charge in [-0.2, -0.15) is 5.10 Å². The number of aryl methyl sites for hydroxylation is 1. The van der Waals surface area contributed by atoms with Gasteiger partial charge in [0.2, 0.25) is 0 Å². The third kappa shape index (κ3) is 3.56. The zero-order valence-corrected chi connectivity index (χ0v) is 13.1. The van der Waals surface area contributed by atoms with E-state index in [1.54, 1.807) is 4.68 Å². The second-order valence-corrected chi connectivity index (χ2v) is 5.75. The van der Waals surface area contributed by atoms with Crippen molar-refractivity contribution in [2.45, 2.75) is 31.9 Å². The summed E-state index contributed by atoms with van der Waals surface area (Å²) in [7, 11) is 0. The zero-order valence-electron chi connectivity index (χ0n) is 13.1. The molecule has 1 aromatic heterocycles. The predicted molar refractivity (Wildman–Crippen MR) is 85.8 cm³/mol. The Kier molecular flexibility index (Phi) is 4.79. The lowest BCUT2D eigenvalue weighted by molar-refractivity contribution is 0.0694. The zero-order chi connectivity index (χ0) is 16.9. The van der Waals surface area contributed by atoms with E-state index in [0.717, 1.165) is 18.4 Å². The summed E-state index contributed by atoms with van der Waals surface area (Å²) in [6.45, 7) is 1.24. The molecule has 0 radical (unpaired) electrons. The van der Waals surface area contributed by atoms with Crippen molar-refractivity contribution in [2.75, 3.05) is 6.54 Å². The number of hydrogen-bond donors (Lipinski definition) is 2. The van der Waals surface area contributed by atoms with Crippen LogP contribution in [0.3, 0.4) is 0 Å². The van der Waals surface area contributed by atoms with Crippen LogP contribution in [0, 0.1) is 0 Å². The van der Waals surface area contributed by atoms with E-state index < -0.39 is 12.1 Å². The number of hydrogen-bond acceptors (Lipinski definition) is 4. The molecule has 0 spiro atoms. The number of amides is 1. The summed E-state index contributed by atoms with van der Waals surface area (Å²) in [5.41, 5.74) is 1.80. The molecule has 0 unspecified atom stereocenters. The van der Waals surface area contributed by atoms with Gasteiger partial charge in [0.05, 0.1) is 11.9 Å². The number of carbonyl (C=O) groups is 2. The van der Waals surface area contributed by atoms with Gasteiger partial charge in [-0.3, -0.25) is 4.68 Å². The maximum atomic E-state index is 11.9. The Labute approximate surface area is 139 Å². The number of carboxylic acids is 1. The molecule has 126 valence electrons. The number of nitrogens with zero attached hydrogens (tertiary/aromatic N) is 2. The number of fused-ring (bicyclic) bond motifs is 1. The van der Waals surface area contributed by atoms with E-state index in [9.17, 15) is 14.7 Å². The molecule has 0 saturated heterocycles. The van der Waals surface area contributed by atoms with Gasteiger partial charge in [0.1, 0.15) is 12.2 Å². The van der Waals surface area contributed by atoms with Crippen LogP contribution in [0.5, 0.6) is 0 Å². The Morgan fingerprint density at radius 2 is 2.12 bits per heavy atom. The molecule has 2 N–H and O–H groups in total. The van der Waals surface area contributed by atoms with Crippen LogP contribution in [0.4, 0.5) is 4.79 Å². The number of aromatic nitrogens is 2. The molecule has 0 saturated carbocycles. The standard InChI is InChI=1S/C17H19N3O4/c21-16(22)14-10-19-20-8-4-7-13(15(14)20)9-18-17(23)24-11-12-5-2-1-3-6-12/h1-3,5-6,10,13H,4,7-9,11H2,(H,18,23)(H,21,22)/t13-/m0/s1. The minimum atomic E-state index is -0.991. The number of carboxylic acid groups (broad SMARTS) is 1. The van der Waals surface area contributed by atoms with Crippen molar-refractivity contribution in [3.63, 3.8) is 0 Å². The molecule has 1 aliphatic heterocycles. The van der Waals surface area contributed by atoms with Crippen molar-refractivity contribution in [2.24, 2.45) is 0 Å². The molecule has 2 aromatic rings. The van der Waals surface area contributed by atoms with E-state index in [-0.39, 0.29) is 18.1 Å². The highest BCUT2D eigenvalue weighted by Gasteiger charge is 2.28. The Morgan fingerprint density at radius 1 is 1.33 bits per heavy atom. The van der Waals surface area contributed by atoms with E-state index in [0.29, 0.717) is 18.8 Å². The van der Waals surface area contributed by atoms with E-state index in [4.69, 9.17) is 4.74 Å². The van der Waals surface area contributed by atoms with Crippen LogP contribution in [0.25, 0.3) is 0 Å². The van der Waals surface area contributed by atoms with Gasteiger partial charge in [-0.15, -0.1) is 0 Å². The van der Waals surface area contributed by atoms with Crippen LogP contribution in [0.15, 0.2) is 36.5 Å². The highest BCUT2D eigenvalue weighted by atomic mass is 16.5. The van der Waals surface area contributed by atoms with E-state index in [2.05, 4.69) is 10.4 Å². The molecule has 1 atom stereocenters. The molecule has 2 heterocycles. The van der Waals surface area contributed by atoms with Gasteiger partial charge in [-0.05, 0) is 18.4 Å². The lowest BCUT2D eigenvalue weighted by Crippen LogP contribution is -2.32. The van der Waals surface area contributed by atoms with Crippen molar-refractivity contribution in [3.05, 3.63) is 53.3 Å². The van der Waals surface area contributed by atoms with Gasteiger partial charge >= 0.3 is 12.1 Å². The number of alkyl carbamates (subject to hydrolysis) is 1. The van der Waals surface area contributed by atoms with Crippen LogP contribution in [0.2, 0.25) is 0 Å². The number of ether oxygens (including phenoxy) is 1. The Morgan fingerprint density at radius 3 is 2.88 bits per heavy atom. The summed E-state index contributed by atoms with van der Waals surface area (Å²) in [5, 5.41) is 16.1. The average Bonchev–Trinajstić information content (AvgIpc) is 3.04. The number of rotatable bonds is 5. The largest absolute Gasteiger partial charge is 0.478 e. The maximum absolute atomic E-state index is 11.9. The molecule has 3 rings (SSSR count). The summed E-state index contributed by atoms with van der Waals surface area (Å²) in [6, 6.07) is 9.43. The molecule has 0 aliphatic carbocycles. The van der Waals surface area contributed by atoms with Crippen molar-refractivity contribution < 1.29 is 19.4 Å². The van der Waals surface area contributed by atoms with Crippen LogP contribution in [0.1, 0.15) is 40.4 Å². The van der Waals surface area contributed by atoms with Crippen LogP contribution >= 0.6 is 0 Å². The summed E-state index contributed by atoms with van der Waals surface area (Å²) < 4.78 is 6.89. The van der Waals surface area contributed by atoms with Gasteiger partial charge in [-0.25, -0.2) is 9.59 Å². The second-order valence-electron chi connectivity index (χ2n) is 5.75. The van der Waals surface area contributed by atoms with Gasteiger partial charge in [0.15, 0.2) is 0 Å². The third-order valence-corrected chi connectivity index (χ3v) is 4.13. The normalized spacial score (nSPS) is 16.2. The van der Waals surface area contributed by atoms with Gasteiger partial charge in [0.25, 0.3) is 0 Å². The summed E-state index contributed by atoms with van der Waals surface area (Å²) >= 11 is 0. The van der Waals surface area contributed by atoms with Gasteiger partial charge < -0.3 is 15.2 Å². The first-order valence-corrected chi connectivity index (χ1v) is 7.88. The quantitative estimate of drug-likeness (QED) is 0.878. The third-order valence-electron chi connectivity index (χ3n) is 4.13. The van der Waals surface area contributed by atoms with E-state index in [1.807, 2.05) is 30.3 Å². The van der Waals surface area contributed by atoms with Crippen molar-refractivity contribution in [1.82, 2.24) is 15.1 Å².